The summed E-state index contributed by atoms with van der Waals surface area (Å²) in [5.74, 6) is -0.258. The highest BCUT2D eigenvalue weighted by Crippen LogP contribution is 2.36. The molecule has 0 amide bonds. The van der Waals surface area contributed by atoms with Crippen molar-refractivity contribution in [2.75, 3.05) is 19.8 Å². The summed E-state index contributed by atoms with van der Waals surface area (Å²) in [4.78, 5) is 26.2. The molecule has 2 heterocycles. The first kappa shape index (κ1) is 31.0. The van der Waals surface area contributed by atoms with Crippen LogP contribution in [0.2, 0.25) is 18.1 Å². The fourth-order valence-corrected chi connectivity index (χ4v) is 7.64. The van der Waals surface area contributed by atoms with Crippen LogP contribution < -0.4 is 9.47 Å². The van der Waals surface area contributed by atoms with Crippen LogP contribution in [0.15, 0.2) is 60.7 Å². The van der Waals surface area contributed by atoms with Gasteiger partial charge < -0.3 is 37.6 Å². The first-order valence-corrected chi connectivity index (χ1v) is 16.7. The molecular weight excluding hydrogens is 548 g/mol. The van der Waals surface area contributed by atoms with Crippen LogP contribution in [-0.4, -0.2) is 77.1 Å². The Balaban J connectivity index is 1.57. The van der Waals surface area contributed by atoms with Gasteiger partial charge in [-0.1, -0.05) is 57.2 Å². The SMILES string of the molecule is CC[Si](CC)(CC)O[C@@H]1O[C@@H]2CO[C@@H](C)O[C@H]2[C@H](OC(=O)COc2ccccc2)[C@H]1OC(=O)COc1ccccc1. The number of para-hydroxylation sites is 2. The van der Waals surface area contributed by atoms with Crippen molar-refractivity contribution >= 4 is 20.3 Å². The maximum atomic E-state index is 13.1. The summed E-state index contributed by atoms with van der Waals surface area (Å²) in [6.45, 7) is 7.53. The molecule has 224 valence electrons. The first-order chi connectivity index (χ1) is 19.9. The van der Waals surface area contributed by atoms with E-state index in [-0.39, 0.29) is 19.8 Å². The molecule has 0 aromatic heterocycles. The summed E-state index contributed by atoms with van der Waals surface area (Å²) >= 11 is 0. The lowest BCUT2D eigenvalue weighted by atomic mass is 9.97. The molecule has 2 aliphatic rings. The smallest absolute Gasteiger partial charge is 0.344 e. The third kappa shape index (κ3) is 8.29. The molecule has 41 heavy (non-hydrogen) atoms. The molecule has 0 bridgehead atoms. The Bertz CT molecular complexity index is 1090. The Morgan fingerprint density at radius 2 is 1.29 bits per heavy atom. The van der Waals surface area contributed by atoms with Gasteiger partial charge in [-0.25, -0.2) is 9.59 Å². The number of hydrogen-bond acceptors (Lipinski definition) is 10. The monoisotopic (exact) mass is 588 g/mol. The van der Waals surface area contributed by atoms with Crippen LogP contribution in [-0.2, 0) is 37.7 Å². The molecule has 2 fully saturated rings. The second-order valence-corrected chi connectivity index (χ2v) is 14.7. The summed E-state index contributed by atoms with van der Waals surface area (Å²) in [6.07, 6.45) is -5.06. The van der Waals surface area contributed by atoms with E-state index in [1.54, 1.807) is 55.5 Å². The molecule has 0 spiro atoms. The number of fused-ring (bicyclic) bond motifs is 1. The van der Waals surface area contributed by atoms with Gasteiger partial charge in [0.15, 0.2) is 46.3 Å². The van der Waals surface area contributed by atoms with E-state index in [2.05, 4.69) is 20.8 Å². The molecule has 0 radical (unpaired) electrons. The topological polar surface area (TPSA) is 108 Å². The molecule has 6 atom stereocenters. The molecule has 11 heteroatoms. The normalized spacial score (nSPS) is 26.0. The van der Waals surface area contributed by atoms with Crippen molar-refractivity contribution in [2.45, 2.75) is 82.8 Å². The predicted octanol–water partition coefficient (Wildman–Crippen LogP) is 4.48. The standard InChI is InChI=1S/C30H40O10Si/c1-5-41(6-2,7-3)40-30-29(39-26(32)20-35-23-16-12-9-13-17-23)28(27-24(37-30)18-33-21(4)36-27)38-25(31)19-34-22-14-10-8-11-15-22/h8-17,21,24,27-30H,5-7,18-20H2,1-4H3/t21-,24-,27-,28+,29-,30+/m1/s1. The van der Waals surface area contributed by atoms with E-state index in [9.17, 15) is 9.59 Å². The summed E-state index contributed by atoms with van der Waals surface area (Å²) in [7, 11) is -2.26. The number of carbonyl (C=O) groups is 2. The van der Waals surface area contributed by atoms with Crippen molar-refractivity contribution in [3.05, 3.63) is 60.7 Å². The minimum atomic E-state index is -2.26. The zero-order chi connectivity index (χ0) is 29.2. The van der Waals surface area contributed by atoms with Gasteiger partial charge in [0.2, 0.25) is 0 Å². The van der Waals surface area contributed by atoms with Crippen LogP contribution in [0.25, 0.3) is 0 Å². The average molecular weight is 589 g/mol. The largest absolute Gasteiger partial charge is 0.482 e. The Hall–Kier alpha value is -2.96. The lowest BCUT2D eigenvalue weighted by Crippen LogP contribution is -2.66. The van der Waals surface area contributed by atoms with Gasteiger partial charge in [-0.15, -0.1) is 0 Å². The molecule has 10 nitrogen and oxygen atoms in total. The van der Waals surface area contributed by atoms with Crippen LogP contribution in [0.5, 0.6) is 11.5 Å². The average Bonchev–Trinajstić information content (AvgIpc) is 3.00. The summed E-state index contributed by atoms with van der Waals surface area (Å²) in [5.41, 5.74) is 0. The van der Waals surface area contributed by atoms with Gasteiger partial charge >= 0.3 is 11.9 Å². The van der Waals surface area contributed by atoms with Crippen LogP contribution in [0.3, 0.4) is 0 Å². The molecule has 2 aliphatic heterocycles. The van der Waals surface area contributed by atoms with E-state index in [0.717, 1.165) is 18.1 Å². The second kappa shape index (κ2) is 14.8. The van der Waals surface area contributed by atoms with Crippen molar-refractivity contribution in [3.63, 3.8) is 0 Å². The molecule has 2 aromatic rings. The highest BCUT2D eigenvalue weighted by atomic mass is 28.4. The number of benzene rings is 2. The van der Waals surface area contributed by atoms with E-state index in [0.29, 0.717) is 11.5 Å². The van der Waals surface area contributed by atoms with Crippen LogP contribution >= 0.6 is 0 Å². The van der Waals surface area contributed by atoms with E-state index in [1.165, 1.54) is 0 Å². The molecule has 2 aromatic carbocycles. The summed E-state index contributed by atoms with van der Waals surface area (Å²) in [5, 5.41) is 0. The second-order valence-electron chi connectivity index (χ2n) is 10.0. The zero-order valence-electron chi connectivity index (χ0n) is 24.1. The summed E-state index contributed by atoms with van der Waals surface area (Å²) < 4.78 is 47.8. The maximum Gasteiger partial charge on any atom is 0.344 e. The van der Waals surface area contributed by atoms with Crippen molar-refractivity contribution in [3.8, 4) is 11.5 Å². The number of esters is 2. The third-order valence-corrected chi connectivity index (χ3v) is 12.1. The van der Waals surface area contributed by atoms with E-state index in [1.807, 2.05) is 12.1 Å². The molecule has 0 N–H and O–H groups in total. The van der Waals surface area contributed by atoms with Crippen LogP contribution in [0, 0.1) is 0 Å². The number of rotatable bonds is 13. The van der Waals surface area contributed by atoms with E-state index < -0.39 is 57.3 Å². The lowest BCUT2D eigenvalue weighted by Gasteiger charge is -2.49. The fourth-order valence-electron chi connectivity index (χ4n) is 4.96. The molecule has 0 saturated carbocycles. The zero-order valence-corrected chi connectivity index (χ0v) is 25.1. The van der Waals surface area contributed by atoms with Gasteiger partial charge in [-0.3, -0.25) is 0 Å². The van der Waals surface area contributed by atoms with Gasteiger partial charge in [0, 0.05) is 0 Å². The van der Waals surface area contributed by atoms with E-state index >= 15 is 0 Å². The minimum absolute atomic E-state index is 0.205. The molecule has 0 unspecified atom stereocenters. The van der Waals surface area contributed by atoms with Gasteiger partial charge in [-0.05, 0) is 49.3 Å². The van der Waals surface area contributed by atoms with Gasteiger partial charge in [0.05, 0.1) is 6.61 Å². The molecule has 4 rings (SSSR count). The first-order valence-electron chi connectivity index (χ1n) is 14.2. The highest BCUT2D eigenvalue weighted by molar-refractivity contribution is 6.73. The number of carbonyl (C=O) groups excluding carboxylic acids is 2. The third-order valence-electron chi connectivity index (χ3n) is 7.47. The fraction of sp³-hybridized carbons (Fsp3) is 0.533. The summed E-state index contributed by atoms with van der Waals surface area (Å²) in [6, 6.07) is 20.4. The Morgan fingerprint density at radius 1 is 0.780 bits per heavy atom. The Kier molecular flexibility index (Phi) is 11.2. The Labute approximate surface area is 242 Å². The lowest BCUT2D eigenvalue weighted by molar-refractivity contribution is -0.347. The Morgan fingerprint density at radius 3 is 1.80 bits per heavy atom. The van der Waals surface area contributed by atoms with Gasteiger partial charge in [0.25, 0.3) is 0 Å². The minimum Gasteiger partial charge on any atom is -0.482 e. The van der Waals surface area contributed by atoms with E-state index in [4.69, 9.17) is 37.6 Å². The van der Waals surface area contributed by atoms with Crippen LogP contribution in [0.4, 0.5) is 0 Å². The quantitative estimate of drug-likeness (QED) is 0.246. The van der Waals surface area contributed by atoms with Gasteiger partial charge in [0.1, 0.15) is 23.7 Å². The van der Waals surface area contributed by atoms with Crippen molar-refractivity contribution in [2.24, 2.45) is 0 Å². The molecule has 0 aliphatic carbocycles. The molecular formula is C30H40O10Si. The van der Waals surface area contributed by atoms with Crippen molar-refractivity contribution in [1.82, 2.24) is 0 Å². The number of hydrogen-bond donors (Lipinski definition) is 0. The molecule has 2 saturated heterocycles. The van der Waals surface area contributed by atoms with Crippen LogP contribution in [0.1, 0.15) is 27.7 Å². The van der Waals surface area contributed by atoms with Gasteiger partial charge in [-0.2, -0.15) is 0 Å². The van der Waals surface area contributed by atoms with Crippen molar-refractivity contribution in [1.29, 1.82) is 0 Å². The number of ether oxygens (including phenoxy) is 7. The highest BCUT2D eigenvalue weighted by Gasteiger charge is 2.55. The predicted molar refractivity (Wildman–Crippen MR) is 151 cm³/mol. The maximum absolute atomic E-state index is 13.1. The van der Waals surface area contributed by atoms with Crippen molar-refractivity contribution < 1.29 is 47.2 Å².